The van der Waals surface area contributed by atoms with Crippen molar-refractivity contribution in [1.82, 2.24) is 9.03 Å². The third kappa shape index (κ3) is 4.09. The van der Waals surface area contributed by atoms with E-state index in [2.05, 4.69) is 20.7 Å². The standard InChI is InChI=1S/C8H15BrN2O5S/c1-6-4-11(5-7(3-9)16-6)17(13,14)10-8(12)15-2/h6-7H,3-5H2,1-2H3,(H,10,12). The second-order valence-corrected chi connectivity index (χ2v) is 5.96. The molecule has 0 aliphatic carbocycles. The van der Waals surface area contributed by atoms with E-state index < -0.39 is 16.3 Å². The highest BCUT2D eigenvalue weighted by atomic mass is 79.9. The molecule has 1 aliphatic heterocycles. The van der Waals surface area contributed by atoms with Crippen molar-refractivity contribution in [3.63, 3.8) is 0 Å². The normalized spacial score (nSPS) is 26.5. The lowest BCUT2D eigenvalue weighted by molar-refractivity contribution is -0.0414. The van der Waals surface area contributed by atoms with E-state index in [1.807, 2.05) is 0 Å². The Morgan fingerprint density at radius 2 is 2.24 bits per heavy atom. The maximum Gasteiger partial charge on any atom is 0.421 e. The predicted octanol–water partition coefficient (Wildman–Crippen LogP) is 0.0714. The summed E-state index contributed by atoms with van der Waals surface area (Å²) in [7, 11) is -2.76. The van der Waals surface area contributed by atoms with Crippen molar-refractivity contribution in [2.24, 2.45) is 0 Å². The van der Waals surface area contributed by atoms with Crippen molar-refractivity contribution in [1.29, 1.82) is 0 Å². The Balaban J connectivity index is 2.73. The summed E-state index contributed by atoms with van der Waals surface area (Å²) in [5, 5.41) is 0.529. The van der Waals surface area contributed by atoms with Crippen LogP contribution in [0.5, 0.6) is 0 Å². The molecular weight excluding hydrogens is 316 g/mol. The highest BCUT2D eigenvalue weighted by Crippen LogP contribution is 2.15. The second kappa shape index (κ2) is 5.98. The molecule has 1 heterocycles. The van der Waals surface area contributed by atoms with Gasteiger partial charge in [0.1, 0.15) is 0 Å². The maximum absolute atomic E-state index is 11.8. The van der Waals surface area contributed by atoms with Crippen molar-refractivity contribution < 1.29 is 22.7 Å². The Morgan fingerprint density at radius 3 is 2.76 bits per heavy atom. The van der Waals surface area contributed by atoms with Gasteiger partial charge in [0.05, 0.1) is 19.3 Å². The highest BCUT2D eigenvalue weighted by Gasteiger charge is 2.33. The SMILES string of the molecule is COC(=O)NS(=O)(=O)N1CC(C)OC(CBr)C1. The second-order valence-electron chi connectivity index (χ2n) is 3.64. The van der Waals surface area contributed by atoms with Gasteiger partial charge in [-0.15, -0.1) is 0 Å². The zero-order valence-corrected chi connectivity index (χ0v) is 12.0. The fourth-order valence-corrected chi connectivity index (χ4v) is 3.05. The van der Waals surface area contributed by atoms with Crippen LogP contribution in [0.2, 0.25) is 0 Å². The lowest BCUT2D eigenvalue weighted by atomic mass is 10.3. The van der Waals surface area contributed by atoms with Gasteiger partial charge in [0, 0.05) is 18.4 Å². The van der Waals surface area contributed by atoms with Gasteiger partial charge in [-0.3, -0.25) is 0 Å². The van der Waals surface area contributed by atoms with Gasteiger partial charge in [-0.1, -0.05) is 15.9 Å². The van der Waals surface area contributed by atoms with Gasteiger partial charge >= 0.3 is 16.3 Å². The first-order chi connectivity index (χ1) is 7.89. The summed E-state index contributed by atoms with van der Waals surface area (Å²) < 4.78 is 36.3. The van der Waals surface area contributed by atoms with Crippen LogP contribution >= 0.6 is 15.9 Å². The number of halogens is 1. The van der Waals surface area contributed by atoms with Gasteiger partial charge in [0.15, 0.2) is 0 Å². The first kappa shape index (κ1) is 14.7. The van der Waals surface area contributed by atoms with Crippen molar-refractivity contribution in [3.05, 3.63) is 0 Å². The summed E-state index contributed by atoms with van der Waals surface area (Å²) in [6.07, 6.45) is -1.45. The van der Waals surface area contributed by atoms with Crippen LogP contribution in [0.3, 0.4) is 0 Å². The van der Waals surface area contributed by atoms with Gasteiger partial charge in [0.2, 0.25) is 0 Å². The molecule has 0 radical (unpaired) electrons. The Kier molecular flexibility index (Phi) is 5.17. The largest absolute Gasteiger partial charge is 0.452 e. The van der Waals surface area contributed by atoms with E-state index >= 15 is 0 Å². The quantitative estimate of drug-likeness (QED) is 0.740. The van der Waals surface area contributed by atoms with Gasteiger partial charge in [0.25, 0.3) is 0 Å². The van der Waals surface area contributed by atoms with E-state index in [4.69, 9.17) is 4.74 Å². The zero-order valence-electron chi connectivity index (χ0n) is 9.55. The zero-order chi connectivity index (χ0) is 13.1. The highest BCUT2D eigenvalue weighted by molar-refractivity contribution is 9.09. The van der Waals surface area contributed by atoms with Gasteiger partial charge in [-0.05, 0) is 6.92 Å². The molecule has 0 spiro atoms. The molecule has 2 atom stereocenters. The van der Waals surface area contributed by atoms with Crippen molar-refractivity contribution in [3.8, 4) is 0 Å². The molecule has 1 N–H and O–H groups in total. The number of nitrogens with zero attached hydrogens (tertiary/aromatic N) is 1. The van der Waals surface area contributed by atoms with E-state index in [1.54, 1.807) is 11.6 Å². The lowest BCUT2D eigenvalue weighted by Crippen LogP contribution is -2.53. The summed E-state index contributed by atoms with van der Waals surface area (Å²) in [6, 6.07) is 0. The third-order valence-corrected chi connectivity index (χ3v) is 4.33. The number of alkyl halides is 1. The van der Waals surface area contributed by atoms with Crippen molar-refractivity contribution in [2.45, 2.75) is 19.1 Å². The van der Waals surface area contributed by atoms with Crippen LogP contribution in [0.25, 0.3) is 0 Å². The number of morpholine rings is 1. The first-order valence-electron chi connectivity index (χ1n) is 4.96. The minimum absolute atomic E-state index is 0.196. The number of carbonyl (C=O) groups excluding carboxylic acids is 1. The Morgan fingerprint density at radius 1 is 1.59 bits per heavy atom. The van der Waals surface area contributed by atoms with E-state index in [1.165, 1.54) is 4.31 Å². The van der Waals surface area contributed by atoms with Crippen LogP contribution in [0.1, 0.15) is 6.92 Å². The summed E-state index contributed by atoms with van der Waals surface area (Å²) in [5.74, 6) is 0. The Bertz CT molecular complexity index is 374. The number of carbonyl (C=O) groups is 1. The summed E-state index contributed by atoms with van der Waals surface area (Å²) >= 11 is 3.24. The number of hydrogen-bond acceptors (Lipinski definition) is 5. The van der Waals surface area contributed by atoms with Crippen molar-refractivity contribution >= 4 is 32.2 Å². The topological polar surface area (TPSA) is 84.9 Å². The molecule has 1 aliphatic rings. The fraction of sp³-hybridized carbons (Fsp3) is 0.875. The number of methoxy groups -OCH3 is 1. The summed E-state index contributed by atoms with van der Waals surface area (Å²) in [5.41, 5.74) is 0. The number of ether oxygens (including phenoxy) is 2. The van der Waals surface area contributed by atoms with Crippen LogP contribution in [-0.2, 0) is 19.7 Å². The molecule has 0 bridgehead atoms. The van der Waals surface area contributed by atoms with Gasteiger partial charge in [-0.25, -0.2) is 9.52 Å². The molecule has 7 nitrogen and oxygen atoms in total. The van der Waals surface area contributed by atoms with Gasteiger partial charge in [-0.2, -0.15) is 12.7 Å². The van der Waals surface area contributed by atoms with E-state index in [0.29, 0.717) is 5.33 Å². The molecule has 9 heteroatoms. The van der Waals surface area contributed by atoms with Crippen LogP contribution in [0, 0.1) is 0 Å². The fourth-order valence-electron chi connectivity index (χ4n) is 1.50. The smallest absolute Gasteiger partial charge is 0.421 e. The maximum atomic E-state index is 11.8. The van der Waals surface area contributed by atoms with Gasteiger partial charge < -0.3 is 9.47 Å². The van der Waals surface area contributed by atoms with Crippen LogP contribution in [-0.4, -0.2) is 56.6 Å². The lowest BCUT2D eigenvalue weighted by Gasteiger charge is -2.34. The minimum atomic E-state index is -3.86. The molecule has 0 aromatic rings. The molecule has 17 heavy (non-hydrogen) atoms. The molecule has 2 unspecified atom stereocenters. The van der Waals surface area contributed by atoms with E-state index in [0.717, 1.165) is 7.11 Å². The molecular formula is C8H15BrN2O5S. The predicted molar refractivity (Wildman–Crippen MR) is 64.2 cm³/mol. The molecule has 1 saturated heterocycles. The molecule has 1 amide bonds. The van der Waals surface area contributed by atoms with Crippen LogP contribution in [0.4, 0.5) is 4.79 Å². The molecule has 0 aromatic carbocycles. The average molecular weight is 331 g/mol. The molecule has 0 aromatic heterocycles. The third-order valence-electron chi connectivity index (χ3n) is 2.20. The Labute approximate surface area is 109 Å². The average Bonchev–Trinajstić information content (AvgIpc) is 2.27. The van der Waals surface area contributed by atoms with Crippen LogP contribution in [0.15, 0.2) is 0 Å². The number of hydrogen-bond donors (Lipinski definition) is 1. The summed E-state index contributed by atoms with van der Waals surface area (Å²) in [4.78, 5) is 10.9. The minimum Gasteiger partial charge on any atom is -0.452 e. The molecule has 0 saturated carbocycles. The Hall–Kier alpha value is -0.380. The van der Waals surface area contributed by atoms with E-state index in [9.17, 15) is 13.2 Å². The first-order valence-corrected chi connectivity index (χ1v) is 7.52. The van der Waals surface area contributed by atoms with E-state index in [-0.39, 0.29) is 25.3 Å². The van der Waals surface area contributed by atoms with Crippen LogP contribution < -0.4 is 4.72 Å². The molecule has 100 valence electrons. The monoisotopic (exact) mass is 330 g/mol. The number of nitrogens with one attached hydrogen (secondary N) is 1. The number of amides is 1. The number of rotatable bonds is 3. The summed E-state index contributed by atoms with van der Waals surface area (Å²) in [6.45, 7) is 2.17. The van der Waals surface area contributed by atoms with Crippen molar-refractivity contribution in [2.75, 3.05) is 25.5 Å². The molecule has 1 rings (SSSR count). The molecule has 1 fully saturated rings.